The van der Waals surface area contributed by atoms with Gasteiger partial charge in [-0.05, 0) is 55.7 Å². The van der Waals surface area contributed by atoms with Gasteiger partial charge in [0.2, 0.25) is 5.69 Å². The van der Waals surface area contributed by atoms with E-state index in [1.54, 1.807) is 0 Å². The van der Waals surface area contributed by atoms with Crippen molar-refractivity contribution in [2.24, 2.45) is 0 Å². The molecule has 1 saturated heterocycles. The second-order valence-electron chi connectivity index (χ2n) is 6.84. The number of nitrogens with zero attached hydrogens (tertiary/aromatic N) is 3. The van der Waals surface area contributed by atoms with E-state index in [2.05, 4.69) is 44.6 Å². The zero-order valence-electron chi connectivity index (χ0n) is 14.0. The zero-order valence-corrected chi connectivity index (χ0v) is 14.0. The molecule has 0 radical (unpaired) electrons. The monoisotopic (exact) mass is 342 g/mol. The topological polar surface area (TPSA) is 91.3 Å². The van der Waals surface area contributed by atoms with Crippen LogP contribution in [0.5, 0.6) is 5.88 Å². The molecular weight excluding hydrogens is 320 g/mol. The van der Waals surface area contributed by atoms with E-state index in [1.165, 1.54) is 30.5 Å². The molecule has 0 bridgehead atoms. The first-order valence-corrected chi connectivity index (χ1v) is 8.86. The summed E-state index contributed by atoms with van der Waals surface area (Å²) in [7, 11) is 0. The molecule has 0 spiro atoms. The Balaban J connectivity index is 1.32. The Bertz CT molecular complexity index is 731. The summed E-state index contributed by atoms with van der Waals surface area (Å²) in [5, 5.41) is 18.6. The van der Waals surface area contributed by atoms with Crippen molar-refractivity contribution in [3.05, 3.63) is 35.5 Å². The highest BCUT2D eigenvalue weighted by atomic mass is 16.5. The van der Waals surface area contributed by atoms with Gasteiger partial charge in [0.25, 0.3) is 5.88 Å². The Kier molecular flexibility index (Phi) is 4.29. The van der Waals surface area contributed by atoms with Gasteiger partial charge in [-0.25, -0.2) is 9.89 Å². The van der Waals surface area contributed by atoms with Gasteiger partial charge in [0.05, 0.1) is 0 Å². The van der Waals surface area contributed by atoms with Gasteiger partial charge in [0.15, 0.2) is 0 Å². The maximum atomic E-state index is 11.0. The third-order valence-corrected chi connectivity index (χ3v) is 5.19. The summed E-state index contributed by atoms with van der Waals surface area (Å²) in [4.78, 5) is 13.5. The van der Waals surface area contributed by atoms with E-state index in [9.17, 15) is 4.79 Å². The number of nitrogens with one attached hydrogen (secondary N) is 1. The molecule has 0 unspecified atom stereocenters. The van der Waals surface area contributed by atoms with Crippen molar-refractivity contribution in [3.63, 3.8) is 0 Å². The zero-order chi connectivity index (χ0) is 17.2. The third kappa shape index (κ3) is 3.31. The molecule has 2 heterocycles. The summed E-state index contributed by atoms with van der Waals surface area (Å²) < 4.78 is 5.66. The lowest BCUT2D eigenvalue weighted by molar-refractivity contribution is 0.0660. The standard InChI is InChI=1S/C18H22N4O3/c23-18(24)16-17(20-21-19-16)25-15-10-13(11-15)12-4-6-14(7-5-12)22-8-2-1-3-9-22/h4-7,13,15H,1-3,8-11H2,(H,23,24)(H,19,20,21)/t13-,15-. The Morgan fingerprint density at radius 3 is 2.56 bits per heavy atom. The smallest absolute Gasteiger partial charge is 0.359 e. The van der Waals surface area contributed by atoms with Gasteiger partial charge in [-0.15, -0.1) is 0 Å². The van der Waals surface area contributed by atoms with Crippen LogP contribution in [0.15, 0.2) is 24.3 Å². The van der Waals surface area contributed by atoms with Crippen LogP contribution in [-0.4, -0.2) is 45.7 Å². The average Bonchev–Trinajstić information content (AvgIpc) is 3.07. The molecule has 7 heteroatoms. The van der Waals surface area contributed by atoms with Crippen LogP contribution in [0.25, 0.3) is 0 Å². The number of aromatic amines is 1. The summed E-state index contributed by atoms with van der Waals surface area (Å²) in [5.41, 5.74) is 2.54. The van der Waals surface area contributed by atoms with Crippen LogP contribution in [0.3, 0.4) is 0 Å². The fraction of sp³-hybridized carbons (Fsp3) is 0.500. The van der Waals surface area contributed by atoms with Gasteiger partial charge in [-0.3, -0.25) is 0 Å². The van der Waals surface area contributed by atoms with Gasteiger partial charge < -0.3 is 14.7 Å². The van der Waals surface area contributed by atoms with Crippen LogP contribution in [0.2, 0.25) is 0 Å². The van der Waals surface area contributed by atoms with E-state index < -0.39 is 5.97 Å². The van der Waals surface area contributed by atoms with Gasteiger partial charge in [0, 0.05) is 18.8 Å². The number of aromatic carboxylic acids is 1. The number of benzene rings is 1. The number of carboxylic acid groups (broad SMARTS) is 1. The Morgan fingerprint density at radius 2 is 1.88 bits per heavy atom. The fourth-order valence-electron chi connectivity index (χ4n) is 3.64. The molecule has 7 nitrogen and oxygen atoms in total. The van der Waals surface area contributed by atoms with Crippen molar-refractivity contribution < 1.29 is 14.6 Å². The molecule has 1 aromatic heterocycles. The number of carboxylic acids is 1. The summed E-state index contributed by atoms with van der Waals surface area (Å²) in [6.07, 6.45) is 5.64. The summed E-state index contributed by atoms with van der Waals surface area (Å²) in [5.74, 6) is -0.568. The predicted molar refractivity (Wildman–Crippen MR) is 92.2 cm³/mol. The van der Waals surface area contributed by atoms with E-state index in [0.717, 1.165) is 25.9 Å². The van der Waals surface area contributed by atoms with Gasteiger partial charge in [-0.1, -0.05) is 22.4 Å². The molecule has 25 heavy (non-hydrogen) atoms. The molecule has 1 aliphatic heterocycles. The lowest BCUT2D eigenvalue weighted by Crippen LogP contribution is -2.33. The van der Waals surface area contributed by atoms with E-state index >= 15 is 0 Å². The molecule has 2 N–H and O–H groups in total. The second kappa shape index (κ2) is 6.74. The molecule has 2 aromatic rings. The van der Waals surface area contributed by atoms with Gasteiger partial charge in [0.1, 0.15) is 6.10 Å². The van der Waals surface area contributed by atoms with Crippen LogP contribution >= 0.6 is 0 Å². The predicted octanol–water partition coefficient (Wildman–Crippen LogP) is 2.82. The van der Waals surface area contributed by atoms with Crippen LogP contribution < -0.4 is 9.64 Å². The number of ether oxygens (including phenoxy) is 1. The quantitative estimate of drug-likeness (QED) is 0.868. The van der Waals surface area contributed by atoms with E-state index in [-0.39, 0.29) is 17.7 Å². The molecular formula is C18H22N4O3. The SMILES string of the molecule is O=C(O)c1[nH]nnc1O[C@H]1C[C@H](c2ccc(N3CCCCC3)cc2)C1. The minimum Gasteiger partial charge on any atom is -0.476 e. The first kappa shape index (κ1) is 15.9. The molecule has 0 amide bonds. The first-order chi connectivity index (χ1) is 12.2. The average molecular weight is 342 g/mol. The molecule has 1 aliphatic carbocycles. The highest BCUT2D eigenvalue weighted by Gasteiger charge is 2.33. The Labute approximate surface area is 146 Å². The largest absolute Gasteiger partial charge is 0.476 e. The van der Waals surface area contributed by atoms with Crippen LogP contribution in [-0.2, 0) is 0 Å². The number of rotatable bonds is 5. The van der Waals surface area contributed by atoms with Crippen LogP contribution in [0.1, 0.15) is 54.1 Å². The molecule has 1 saturated carbocycles. The van der Waals surface area contributed by atoms with Crippen molar-refractivity contribution in [3.8, 4) is 5.88 Å². The number of piperidine rings is 1. The molecule has 132 valence electrons. The molecule has 0 atom stereocenters. The fourth-order valence-corrected chi connectivity index (χ4v) is 3.64. The Morgan fingerprint density at radius 1 is 1.16 bits per heavy atom. The molecule has 1 aromatic carbocycles. The van der Waals surface area contributed by atoms with E-state index in [1.807, 2.05) is 0 Å². The van der Waals surface area contributed by atoms with Crippen LogP contribution in [0.4, 0.5) is 5.69 Å². The third-order valence-electron chi connectivity index (χ3n) is 5.19. The number of anilines is 1. The lowest BCUT2D eigenvalue weighted by Gasteiger charge is -2.35. The molecule has 2 fully saturated rings. The summed E-state index contributed by atoms with van der Waals surface area (Å²) >= 11 is 0. The molecule has 4 rings (SSSR count). The number of carbonyl (C=O) groups is 1. The van der Waals surface area contributed by atoms with Gasteiger partial charge >= 0.3 is 5.97 Å². The number of aromatic nitrogens is 3. The second-order valence-corrected chi connectivity index (χ2v) is 6.84. The summed E-state index contributed by atoms with van der Waals surface area (Å²) in [6, 6.07) is 8.86. The van der Waals surface area contributed by atoms with Crippen molar-refractivity contribution >= 4 is 11.7 Å². The number of hydrogen-bond donors (Lipinski definition) is 2. The normalized spacial score (nSPS) is 23.1. The van der Waals surface area contributed by atoms with Crippen molar-refractivity contribution in [2.75, 3.05) is 18.0 Å². The van der Waals surface area contributed by atoms with Crippen molar-refractivity contribution in [1.82, 2.24) is 15.4 Å². The lowest BCUT2D eigenvalue weighted by atomic mass is 9.77. The highest BCUT2D eigenvalue weighted by Crippen LogP contribution is 2.39. The first-order valence-electron chi connectivity index (χ1n) is 8.86. The van der Waals surface area contributed by atoms with Crippen LogP contribution in [0, 0.1) is 0 Å². The highest BCUT2D eigenvalue weighted by molar-refractivity contribution is 5.87. The van der Waals surface area contributed by atoms with Crippen molar-refractivity contribution in [1.29, 1.82) is 0 Å². The van der Waals surface area contributed by atoms with Crippen molar-refractivity contribution in [2.45, 2.75) is 44.1 Å². The van der Waals surface area contributed by atoms with E-state index in [0.29, 0.717) is 5.92 Å². The number of H-pyrrole nitrogens is 1. The maximum Gasteiger partial charge on any atom is 0.359 e. The Hall–Kier alpha value is -2.57. The molecule has 2 aliphatic rings. The summed E-state index contributed by atoms with van der Waals surface area (Å²) in [6.45, 7) is 2.31. The minimum atomic E-state index is -1.11. The number of hydrogen-bond acceptors (Lipinski definition) is 5. The minimum absolute atomic E-state index is 0.00466. The van der Waals surface area contributed by atoms with E-state index in [4.69, 9.17) is 9.84 Å². The van der Waals surface area contributed by atoms with Gasteiger partial charge in [-0.2, -0.15) is 0 Å². The maximum absolute atomic E-state index is 11.0.